The lowest BCUT2D eigenvalue weighted by atomic mass is 10.1. The van der Waals surface area contributed by atoms with E-state index in [1.807, 2.05) is 6.07 Å². The number of anilines is 1. The maximum Gasteiger partial charge on any atom is 0.330 e. The van der Waals surface area contributed by atoms with Gasteiger partial charge in [-0.25, -0.2) is 0 Å². The first-order valence-electron chi connectivity index (χ1n) is 11.2. The van der Waals surface area contributed by atoms with Gasteiger partial charge in [0.05, 0.1) is 26.0 Å². The molecule has 10 heteroatoms. The van der Waals surface area contributed by atoms with Gasteiger partial charge in [0.25, 0.3) is 5.91 Å². The van der Waals surface area contributed by atoms with Gasteiger partial charge in [0.2, 0.25) is 0 Å². The lowest BCUT2D eigenvalue weighted by Crippen LogP contribution is -2.36. The summed E-state index contributed by atoms with van der Waals surface area (Å²) in [6.07, 6.45) is 0.690. The number of benzene rings is 2. The molecule has 0 radical (unpaired) electrons. The Kier molecular flexibility index (Phi) is 11.1. The Bertz CT molecular complexity index is 1010. The summed E-state index contributed by atoms with van der Waals surface area (Å²) >= 11 is 5.93. The molecule has 0 spiro atoms. The first-order valence-corrected chi connectivity index (χ1v) is 13.3. The Morgan fingerprint density at radius 2 is 1.65 bits per heavy atom. The number of carbonyl (C=O) groups excluding carboxylic acids is 2. The minimum absolute atomic E-state index is 0.114. The zero-order chi connectivity index (χ0) is 25.1. The highest BCUT2D eigenvalue weighted by atomic mass is 35.5. The molecule has 8 nitrogen and oxygen atoms in total. The predicted molar refractivity (Wildman–Crippen MR) is 133 cm³/mol. The van der Waals surface area contributed by atoms with Crippen molar-refractivity contribution in [2.75, 3.05) is 38.3 Å². The Morgan fingerprint density at radius 1 is 1.00 bits per heavy atom. The van der Waals surface area contributed by atoms with Crippen LogP contribution in [0.5, 0.6) is 0 Å². The Balaban J connectivity index is 2.18. The third-order valence-electron chi connectivity index (χ3n) is 4.90. The molecule has 0 aliphatic carbocycles. The molecule has 34 heavy (non-hydrogen) atoms. The molecule has 0 saturated heterocycles. The summed E-state index contributed by atoms with van der Waals surface area (Å²) in [6.45, 7) is 5.96. The summed E-state index contributed by atoms with van der Waals surface area (Å²) in [4.78, 5) is 26.6. The van der Waals surface area contributed by atoms with Gasteiger partial charge in [0.1, 0.15) is 6.54 Å². The summed E-state index contributed by atoms with van der Waals surface area (Å²) in [6, 6.07) is 11.8. The first kappa shape index (κ1) is 27.9. The van der Waals surface area contributed by atoms with Gasteiger partial charge in [-0.1, -0.05) is 23.7 Å². The average molecular weight is 511 g/mol. The number of aryl methyl sites for hydroxylation is 1. The molecule has 0 heterocycles. The molecule has 0 aromatic heterocycles. The Hall–Kier alpha value is -2.38. The van der Waals surface area contributed by atoms with Crippen LogP contribution < -0.4 is 5.73 Å². The molecule has 0 fully saturated rings. The summed E-state index contributed by atoms with van der Waals surface area (Å²) in [5.41, 5.74) is 8.66. The van der Waals surface area contributed by atoms with Crippen molar-refractivity contribution < 1.29 is 27.9 Å². The number of hydrogen-bond acceptors (Lipinski definition) is 7. The van der Waals surface area contributed by atoms with E-state index < -0.39 is 13.6 Å². The zero-order valence-corrected chi connectivity index (χ0v) is 21.4. The number of esters is 1. The number of nitrogens with zero attached hydrogens (tertiary/aromatic N) is 1. The smallest absolute Gasteiger partial charge is 0.330 e. The van der Waals surface area contributed by atoms with Crippen LogP contribution in [-0.4, -0.2) is 49.3 Å². The maximum absolute atomic E-state index is 13.1. The second-order valence-corrected chi connectivity index (χ2v) is 10.0. The molecule has 0 atom stereocenters. The van der Waals surface area contributed by atoms with Crippen LogP contribution in [-0.2, 0) is 36.1 Å². The number of nitrogens with two attached hydrogens (primary N) is 1. The van der Waals surface area contributed by atoms with Crippen molar-refractivity contribution in [2.45, 2.75) is 33.7 Å². The summed E-state index contributed by atoms with van der Waals surface area (Å²) in [5.74, 6) is -0.856. The van der Waals surface area contributed by atoms with E-state index in [1.54, 1.807) is 57.2 Å². The van der Waals surface area contributed by atoms with Gasteiger partial charge in [-0.3, -0.25) is 14.2 Å². The lowest BCUT2D eigenvalue weighted by molar-refractivity contribution is -0.143. The third kappa shape index (κ3) is 8.44. The minimum Gasteiger partial charge on any atom is -0.465 e. The Labute approximate surface area is 205 Å². The lowest BCUT2D eigenvalue weighted by Gasteiger charge is -2.23. The van der Waals surface area contributed by atoms with Crippen LogP contribution in [0.3, 0.4) is 0 Å². The van der Waals surface area contributed by atoms with Crippen molar-refractivity contribution in [1.82, 2.24) is 4.90 Å². The maximum atomic E-state index is 13.1. The zero-order valence-electron chi connectivity index (χ0n) is 19.8. The summed E-state index contributed by atoms with van der Waals surface area (Å²) < 4.78 is 28.4. The number of nitrogen functional groups attached to an aromatic ring is 1. The minimum atomic E-state index is -3.16. The molecule has 0 saturated carbocycles. The highest BCUT2D eigenvalue weighted by Gasteiger charge is 2.24. The van der Waals surface area contributed by atoms with Crippen molar-refractivity contribution in [2.24, 2.45) is 0 Å². The SMILES string of the molecule is CCOC(=O)CN(Cc1ccc(CCP(=O)(OCC)OCC)cc1N)C(=O)c1ccc(Cl)cc1. The monoisotopic (exact) mass is 510 g/mol. The van der Waals surface area contributed by atoms with Crippen LogP contribution in [0.15, 0.2) is 42.5 Å². The molecule has 0 aliphatic rings. The third-order valence-corrected chi connectivity index (χ3v) is 7.23. The van der Waals surface area contributed by atoms with E-state index in [0.717, 1.165) is 5.56 Å². The van der Waals surface area contributed by atoms with Gasteiger partial charge >= 0.3 is 13.6 Å². The van der Waals surface area contributed by atoms with Crippen LogP contribution in [0.4, 0.5) is 5.69 Å². The molecule has 2 N–H and O–H groups in total. The topological polar surface area (TPSA) is 108 Å². The van der Waals surface area contributed by atoms with Gasteiger partial charge in [0.15, 0.2) is 0 Å². The fraction of sp³-hybridized carbons (Fsp3) is 0.417. The van der Waals surface area contributed by atoms with Crippen molar-refractivity contribution in [3.05, 3.63) is 64.2 Å². The number of hydrogen-bond donors (Lipinski definition) is 1. The molecule has 2 rings (SSSR count). The van der Waals surface area contributed by atoms with Crippen molar-refractivity contribution in [3.8, 4) is 0 Å². The van der Waals surface area contributed by atoms with E-state index in [9.17, 15) is 14.2 Å². The molecular weight excluding hydrogens is 479 g/mol. The fourth-order valence-corrected chi connectivity index (χ4v) is 5.09. The van der Waals surface area contributed by atoms with Gasteiger partial charge < -0.3 is 24.4 Å². The van der Waals surface area contributed by atoms with Crippen molar-refractivity contribution >= 4 is 36.8 Å². The van der Waals surface area contributed by atoms with Crippen LogP contribution in [0.1, 0.15) is 42.3 Å². The van der Waals surface area contributed by atoms with E-state index in [0.29, 0.717) is 41.5 Å². The van der Waals surface area contributed by atoms with E-state index in [2.05, 4.69) is 0 Å². The van der Waals surface area contributed by atoms with Crippen LogP contribution in [0.2, 0.25) is 5.02 Å². The molecular formula is C24H32ClN2O6P. The number of amides is 1. The van der Waals surface area contributed by atoms with Crippen molar-refractivity contribution in [3.63, 3.8) is 0 Å². The molecule has 1 amide bonds. The standard InChI is InChI=1S/C24H32ClN2O6P/c1-4-31-23(28)17-27(24(29)19-9-11-21(25)12-10-19)16-20-8-7-18(15-22(20)26)13-14-34(30,32-5-2)33-6-3/h7-12,15H,4-6,13-14,16-17,26H2,1-3H3. The highest BCUT2D eigenvalue weighted by molar-refractivity contribution is 7.53. The molecule has 2 aromatic rings. The second kappa shape index (κ2) is 13.5. The van der Waals surface area contributed by atoms with E-state index in [1.165, 1.54) is 4.90 Å². The molecule has 0 aliphatic heterocycles. The summed E-state index contributed by atoms with van der Waals surface area (Å²) in [5, 5.41) is 0.506. The first-order chi connectivity index (χ1) is 16.2. The van der Waals surface area contributed by atoms with Crippen LogP contribution >= 0.6 is 19.2 Å². The van der Waals surface area contributed by atoms with Gasteiger partial charge in [-0.2, -0.15) is 0 Å². The molecule has 186 valence electrons. The number of carbonyl (C=O) groups is 2. The highest BCUT2D eigenvalue weighted by Crippen LogP contribution is 2.48. The number of ether oxygens (including phenoxy) is 1. The van der Waals surface area contributed by atoms with Gasteiger partial charge in [-0.05, 0) is 68.7 Å². The molecule has 2 aromatic carbocycles. The summed E-state index contributed by atoms with van der Waals surface area (Å²) in [7, 11) is -3.16. The largest absolute Gasteiger partial charge is 0.465 e. The van der Waals surface area contributed by atoms with Crippen LogP contribution in [0, 0.1) is 0 Å². The van der Waals surface area contributed by atoms with Crippen LogP contribution in [0.25, 0.3) is 0 Å². The Morgan fingerprint density at radius 3 is 2.21 bits per heavy atom. The normalized spacial score (nSPS) is 11.3. The van der Waals surface area contributed by atoms with E-state index in [-0.39, 0.29) is 31.8 Å². The number of rotatable bonds is 13. The quantitative estimate of drug-likeness (QED) is 0.231. The van der Waals surface area contributed by atoms with E-state index in [4.69, 9.17) is 31.1 Å². The second-order valence-electron chi connectivity index (χ2n) is 7.43. The van der Waals surface area contributed by atoms with Crippen molar-refractivity contribution in [1.29, 1.82) is 0 Å². The average Bonchev–Trinajstić information content (AvgIpc) is 2.79. The van der Waals surface area contributed by atoms with E-state index >= 15 is 0 Å². The fourth-order valence-electron chi connectivity index (χ4n) is 3.31. The number of halogens is 1. The molecule has 0 unspecified atom stereocenters. The van der Waals surface area contributed by atoms with Gasteiger partial charge in [0, 0.05) is 22.8 Å². The predicted octanol–water partition coefficient (Wildman–Crippen LogP) is 4.94. The molecule has 0 bridgehead atoms. The van der Waals surface area contributed by atoms with Gasteiger partial charge in [-0.15, -0.1) is 0 Å².